The molecule has 0 saturated carbocycles. The lowest BCUT2D eigenvalue weighted by Gasteiger charge is -2.20. The Bertz CT molecular complexity index is 2300. The van der Waals surface area contributed by atoms with Crippen LogP contribution in [-0.4, -0.2) is 86.3 Å². The lowest BCUT2D eigenvalue weighted by molar-refractivity contribution is 0.0698. The van der Waals surface area contributed by atoms with E-state index in [4.69, 9.17) is 9.40 Å². The molecule has 1 N–H and O–H groups in total. The van der Waals surface area contributed by atoms with E-state index in [2.05, 4.69) is 10.3 Å². The molecule has 0 unspecified atom stereocenters. The molecule has 2 aromatic carbocycles. The molecule has 0 radical (unpaired) electrons. The summed E-state index contributed by atoms with van der Waals surface area (Å²) in [7, 11) is -1.19. The molecule has 0 bridgehead atoms. The number of alkyl halides is 2. The molecule has 0 aliphatic rings. The summed E-state index contributed by atoms with van der Waals surface area (Å²) in [5.74, 6) is -2.50. The van der Waals surface area contributed by atoms with Crippen LogP contribution in [0.15, 0.2) is 59.3 Å². The molecular weight excluding hydrogens is 625 g/mol. The van der Waals surface area contributed by atoms with Gasteiger partial charge in [-0.25, -0.2) is 31.6 Å². The van der Waals surface area contributed by atoms with Crippen LogP contribution in [0, 0.1) is 5.82 Å². The average molecular weight is 653 g/mol. The molecule has 6 rings (SSSR count). The Balaban J connectivity index is 1.65. The molecule has 0 atom stereocenters. The zero-order chi connectivity index (χ0) is 32.9. The Kier molecular flexibility index (Phi) is 7.80. The van der Waals surface area contributed by atoms with Gasteiger partial charge in [-0.3, -0.25) is 18.3 Å². The highest BCUT2D eigenvalue weighted by molar-refractivity contribution is 7.92. The molecule has 238 valence electrons. The number of hydrogen-bond acceptors (Lipinski definition) is 7. The quantitative estimate of drug-likeness (QED) is 0.239. The van der Waals surface area contributed by atoms with Crippen LogP contribution < -0.4 is 9.62 Å². The Hall–Kier alpha value is -5.18. The van der Waals surface area contributed by atoms with Crippen LogP contribution in [0.3, 0.4) is 0 Å². The van der Waals surface area contributed by atoms with Gasteiger partial charge in [0.05, 0.1) is 39.8 Å². The topological polar surface area (TPSA) is 130 Å². The van der Waals surface area contributed by atoms with Crippen molar-refractivity contribution in [3.8, 4) is 11.3 Å². The number of hydrogen-bond donors (Lipinski definition) is 1. The zero-order valence-corrected chi connectivity index (χ0v) is 25.7. The van der Waals surface area contributed by atoms with Gasteiger partial charge in [-0.1, -0.05) is 6.07 Å². The summed E-state index contributed by atoms with van der Waals surface area (Å²) in [6, 6.07) is 12.5. The van der Waals surface area contributed by atoms with E-state index in [0.717, 1.165) is 15.5 Å². The lowest BCUT2D eigenvalue weighted by Crippen LogP contribution is -2.35. The SMILES string of the molecule is CNC(=O)c1c(C(=O)N(CCF)CCF)oc2cc(N(C)S(C)(=O)=O)c(-c3ccc4ncn5c6cccc(F)c6cc5c4n3)cc12. The number of halogens is 3. The maximum Gasteiger partial charge on any atom is 0.290 e. The maximum atomic E-state index is 14.7. The van der Waals surface area contributed by atoms with Gasteiger partial charge in [-0.2, -0.15) is 0 Å². The van der Waals surface area contributed by atoms with E-state index >= 15 is 0 Å². The van der Waals surface area contributed by atoms with Crippen molar-refractivity contribution < 1.29 is 35.6 Å². The van der Waals surface area contributed by atoms with Crippen LogP contribution in [0.2, 0.25) is 0 Å². The van der Waals surface area contributed by atoms with Crippen LogP contribution in [0.25, 0.3) is 49.7 Å². The summed E-state index contributed by atoms with van der Waals surface area (Å²) < 4.78 is 75.2. The molecule has 4 aromatic heterocycles. The third-order valence-corrected chi connectivity index (χ3v) is 9.01. The van der Waals surface area contributed by atoms with Crippen LogP contribution >= 0.6 is 0 Å². The molecule has 0 aliphatic heterocycles. The number of nitrogens with one attached hydrogen (secondary N) is 1. The number of aromatic nitrogens is 3. The summed E-state index contributed by atoms with van der Waals surface area (Å²) in [6.07, 6.45) is 2.56. The maximum absolute atomic E-state index is 14.7. The van der Waals surface area contributed by atoms with Gasteiger partial charge in [0.2, 0.25) is 15.8 Å². The van der Waals surface area contributed by atoms with Crippen LogP contribution in [-0.2, 0) is 10.0 Å². The Labute approximate surface area is 260 Å². The van der Waals surface area contributed by atoms with Crippen molar-refractivity contribution in [3.05, 3.63) is 72.0 Å². The predicted molar refractivity (Wildman–Crippen MR) is 168 cm³/mol. The smallest absolute Gasteiger partial charge is 0.290 e. The normalized spacial score (nSPS) is 12.0. The molecule has 0 saturated heterocycles. The van der Waals surface area contributed by atoms with E-state index in [-0.39, 0.29) is 33.5 Å². The predicted octanol–water partition coefficient (Wildman–Crippen LogP) is 4.72. The summed E-state index contributed by atoms with van der Waals surface area (Å²) in [6.45, 7) is -2.76. The van der Waals surface area contributed by atoms with Crippen molar-refractivity contribution in [3.63, 3.8) is 0 Å². The summed E-state index contributed by atoms with van der Waals surface area (Å²) in [5, 5.41) is 2.96. The number of benzene rings is 2. The third-order valence-electron chi connectivity index (χ3n) is 7.82. The second-order valence-corrected chi connectivity index (χ2v) is 12.5. The summed E-state index contributed by atoms with van der Waals surface area (Å²) in [5.41, 5.74) is 2.43. The monoisotopic (exact) mass is 652 g/mol. The van der Waals surface area contributed by atoms with Crippen molar-refractivity contribution in [1.29, 1.82) is 0 Å². The molecule has 6 aromatic rings. The summed E-state index contributed by atoms with van der Waals surface area (Å²) >= 11 is 0. The number of sulfonamides is 1. The summed E-state index contributed by atoms with van der Waals surface area (Å²) in [4.78, 5) is 36.7. The Morgan fingerprint density at radius 2 is 1.76 bits per heavy atom. The van der Waals surface area contributed by atoms with Crippen molar-refractivity contribution in [2.45, 2.75) is 0 Å². The van der Waals surface area contributed by atoms with Crippen LogP contribution in [0.1, 0.15) is 20.9 Å². The second kappa shape index (κ2) is 11.6. The number of rotatable bonds is 9. The molecule has 2 amide bonds. The largest absolute Gasteiger partial charge is 0.450 e. The lowest BCUT2D eigenvalue weighted by atomic mass is 10.0. The number of amides is 2. The van der Waals surface area contributed by atoms with Crippen molar-refractivity contribution in [1.82, 2.24) is 24.6 Å². The fourth-order valence-corrected chi connectivity index (χ4v) is 5.98. The van der Waals surface area contributed by atoms with Gasteiger partial charge in [0, 0.05) is 49.6 Å². The Morgan fingerprint density at radius 1 is 1.02 bits per heavy atom. The number of pyridine rings is 1. The van der Waals surface area contributed by atoms with E-state index in [9.17, 15) is 31.2 Å². The zero-order valence-electron chi connectivity index (χ0n) is 24.8. The molecule has 0 spiro atoms. The van der Waals surface area contributed by atoms with Crippen LogP contribution in [0.4, 0.5) is 18.9 Å². The van der Waals surface area contributed by atoms with E-state index in [1.165, 1.54) is 32.3 Å². The van der Waals surface area contributed by atoms with Gasteiger partial charge in [-0.15, -0.1) is 0 Å². The molecule has 4 heterocycles. The van der Waals surface area contributed by atoms with Gasteiger partial charge < -0.3 is 14.6 Å². The number of nitrogens with zero attached hydrogens (tertiary/aromatic N) is 5. The number of furan rings is 1. The minimum Gasteiger partial charge on any atom is -0.450 e. The van der Waals surface area contributed by atoms with Crippen molar-refractivity contribution in [2.24, 2.45) is 0 Å². The van der Waals surface area contributed by atoms with Gasteiger partial charge in [0.1, 0.15) is 36.6 Å². The molecule has 0 fully saturated rings. The van der Waals surface area contributed by atoms with Crippen molar-refractivity contribution >= 4 is 65.9 Å². The fraction of sp³-hybridized carbons (Fsp3) is 0.226. The number of carbonyl (C=O) groups is 2. The van der Waals surface area contributed by atoms with Gasteiger partial charge >= 0.3 is 0 Å². The first-order chi connectivity index (χ1) is 22.0. The van der Waals surface area contributed by atoms with E-state index in [1.807, 2.05) is 0 Å². The molecule has 15 heteroatoms. The minimum atomic E-state index is -3.86. The highest BCUT2D eigenvalue weighted by Crippen LogP contribution is 2.39. The fourth-order valence-electron chi connectivity index (χ4n) is 5.48. The molecule has 0 aliphatic carbocycles. The Morgan fingerprint density at radius 3 is 2.43 bits per heavy atom. The number of anilines is 1. The van der Waals surface area contributed by atoms with Crippen LogP contribution in [0.5, 0.6) is 0 Å². The van der Waals surface area contributed by atoms with Gasteiger partial charge in [0.15, 0.2) is 0 Å². The van der Waals surface area contributed by atoms with E-state index < -0.39 is 59.9 Å². The first kappa shape index (κ1) is 30.8. The van der Waals surface area contributed by atoms with Gasteiger partial charge in [-0.05, 0) is 36.4 Å². The molecule has 11 nitrogen and oxygen atoms in total. The number of fused-ring (bicyclic) bond motifs is 6. The number of carbonyl (C=O) groups excluding carboxylic acids is 2. The highest BCUT2D eigenvalue weighted by atomic mass is 32.2. The molecular formula is C31H27F3N6O5S. The van der Waals surface area contributed by atoms with Crippen molar-refractivity contribution in [2.75, 3.05) is 51.1 Å². The van der Waals surface area contributed by atoms with E-state index in [0.29, 0.717) is 27.5 Å². The molecule has 46 heavy (non-hydrogen) atoms. The standard InChI is InChI=1S/C31H27F3N6O5S/c1-35-30(41)27-19-13-18(21-7-8-22-28(37-21)25-14-17-20(34)5-4-6-23(17)40(25)16-36-22)24(38(2)46(3,43)44)15-26(19)45-29(27)31(42)39(11-9-32)12-10-33/h4-8,13-16H,9-12H2,1-3H3,(H,35,41). The first-order valence-corrected chi connectivity index (χ1v) is 15.9. The van der Waals surface area contributed by atoms with E-state index in [1.54, 1.807) is 41.1 Å². The van der Waals surface area contributed by atoms with Gasteiger partial charge in [0.25, 0.3) is 11.8 Å². The minimum absolute atomic E-state index is 0.0187. The first-order valence-electron chi connectivity index (χ1n) is 14.0. The average Bonchev–Trinajstić information content (AvgIpc) is 3.62. The third kappa shape index (κ3) is 5.05. The highest BCUT2D eigenvalue weighted by Gasteiger charge is 2.31. The second-order valence-electron chi connectivity index (χ2n) is 10.5.